The summed E-state index contributed by atoms with van der Waals surface area (Å²) < 4.78 is 6.60. The summed E-state index contributed by atoms with van der Waals surface area (Å²) in [5.74, 6) is 0.0966. The van der Waals surface area contributed by atoms with Crippen molar-refractivity contribution in [1.29, 1.82) is 0 Å². The van der Waals surface area contributed by atoms with E-state index in [0.29, 0.717) is 30.6 Å². The molecule has 39 heavy (non-hydrogen) atoms. The fourth-order valence-corrected chi connectivity index (χ4v) is 7.25. The summed E-state index contributed by atoms with van der Waals surface area (Å²) in [6.07, 6.45) is 12.1. The van der Waals surface area contributed by atoms with Gasteiger partial charge < -0.3 is 19.6 Å². The lowest BCUT2D eigenvalue weighted by Crippen LogP contribution is -2.48. The van der Waals surface area contributed by atoms with E-state index in [2.05, 4.69) is 41.3 Å². The molecule has 4 atom stereocenters. The highest BCUT2D eigenvalue weighted by atomic mass is 16.5. The van der Waals surface area contributed by atoms with E-state index in [1.165, 1.54) is 24.0 Å². The van der Waals surface area contributed by atoms with Crippen molar-refractivity contribution in [2.75, 3.05) is 38.2 Å². The Balaban J connectivity index is 1.42. The summed E-state index contributed by atoms with van der Waals surface area (Å²) >= 11 is 0. The minimum atomic E-state index is -0.962. The fraction of sp³-hybridized carbons (Fsp3) is 0.515. The zero-order chi connectivity index (χ0) is 27.0. The molecule has 6 nitrogen and oxygen atoms in total. The summed E-state index contributed by atoms with van der Waals surface area (Å²) in [6.45, 7) is 3.03. The SMILES string of the molecule is CN1CCC=CCC2CCC2CN2CC3(CCCc4ccccc43)COc3ccc(cc32)C(C(=O)O)CC1=O. The summed E-state index contributed by atoms with van der Waals surface area (Å²) in [6, 6.07) is 14.6. The van der Waals surface area contributed by atoms with E-state index < -0.39 is 11.9 Å². The first kappa shape index (κ1) is 26.0. The van der Waals surface area contributed by atoms with Gasteiger partial charge in [0.1, 0.15) is 5.75 Å². The number of nitrogens with zero attached hydrogens (tertiary/aromatic N) is 2. The Bertz CT molecular complexity index is 1270. The highest BCUT2D eigenvalue weighted by Crippen LogP contribution is 2.46. The molecule has 4 aliphatic rings. The maximum atomic E-state index is 13.0. The number of rotatable bonds is 1. The number of fused-ring (bicyclic) bond motifs is 4. The first-order valence-electron chi connectivity index (χ1n) is 14.7. The van der Waals surface area contributed by atoms with Crippen molar-refractivity contribution in [1.82, 2.24) is 4.90 Å². The van der Waals surface area contributed by atoms with Gasteiger partial charge in [-0.1, -0.05) is 42.5 Å². The summed E-state index contributed by atoms with van der Waals surface area (Å²) in [7, 11) is 1.77. The van der Waals surface area contributed by atoms with Crippen LogP contribution in [0.3, 0.4) is 0 Å². The minimum Gasteiger partial charge on any atom is -0.490 e. The van der Waals surface area contributed by atoms with Crippen molar-refractivity contribution in [3.63, 3.8) is 0 Å². The van der Waals surface area contributed by atoms with Crippen molar-refractivity contribution in [3.05, 3.63) is 71.3 Å². The van der Waals surface area contributed by atoms with Crippen LogP contribution in [0.1, 0.15) is 67.6 Å². The van der Waals surface area contributed by atoms with Crippen molar-refractivity contribution in [2.45, 2.75) is 62.7 Å². The Morgan fingerprint density at radius 3 is 2.77 bits per heavy atom. The molecule has 1 fully saturated rings. The van der Waals surface area contributed by atoms with Crippen LogP contribution in [0, 0.1) is 11.8 Å². The van der Waals surface area contributed by atoms with E-state index >= 15 is 0 Å². The second-order valence-electron chi connectivity index (χ2n) is 12.2. The van der Waals surface area contributed by atoms with Crippen LogP contribution in [0.2, 0.25) is 0 Å². The van der Waals surface area contributed by atoms with Crippen molar-refractivity contribution >= 4 is 17.6 Å². The summed E-state index contributed by atoms with van der Waals surface area (Å²) in [5.41, 5.74) is 4.38. The van der Waals surface area contributed by atoms with Gasteiger partial charge in [-0.2, -0.15) is 0 Å². The number of aryl methyl sites for hydroxylation is 1. The van der Waals surface area contributed by atoms with E-state index in [1.807, 2.05) is 18.2 Å². The predicted octanol–water partition coefficient (Wildman–Crippen LogP) is 5.55. The fourth-order valence-electron chi connectivity index (χ4n) is 7.25. The number of carboxylic acids is 1. The van der Waals surface area contributed by atoms with Crippen molar-refractivity contribution in [3.8, 4) is 5.75 Å². The monoisotopic (exact) mass is 528 g/mol. The maximum absolute atomic E-state index is 13.0. The third-order valence-corrected chi connectivity index (χ3v) is 9.78. The smallest absolute Gasteiger partial charge is 0.311 e. The molecule has 1 N–H and O–H groups in total. The summed E-state index contributed by atoms with van der Waals surface area (Å²) in [4.78, 5) is 29.6. The third kappa shape index (κ3) is 5.06. The van der Waals surface area contributed by atoms with E-state index in [9.17, 15) is 14.7 Å². The molecule has 206 valence electrons. The van der Waals surface area contributed by atoms with Crippen LogP contribution in [-0.4, -0.2) is 55.2 Å². The number of carbonyl (C=O) groups excluding carboxylic acids is 1. The number of hydrogen-bond donors (Lipinski definition) is 1. The van der Waals surface area contributed by atoms with Gasteiger partial charge in [-0.3, -0.25) is 9.59 Å². The Morgan fingerprint density at radius 2 is 1.95 bits per heavy atom. The molecule has 2 aliphatic heterocycles. The second-order valence-corrected chi connectivity index (χ2v) is 12.2. The molecule has 2 bridgehead atoms. The van der Waals surface area contributed by atoms with Gasteiger partial charge in [0, 0.05) is 38.5 Å². The second kappa shape index (κ2) is 10.7. The zero-order valence-electron chi connectivity index (χ0n) is 23.0. The Hall–Kier alpha value is -3.28. The molecule has 2 heterocycles. The molecule has 0 saturated heterocycles. The van der Waals surface area contributed by atoms with Crippen LogP contribution in [0.15, 0.2) is 54.6 Å². The van der Waals surface area contributed by atoms with E-state index in [4.69, 9.17) is 4.74 Å². The number of hydrogen-bond acceptors (Lipinski definition) is 4. The predicted molar refractivity (Wildman–Crippen MR) is 152 cm³/mol. The van der Waals surface area contributed by atoms with Crippen LogP contribution >= 0.6 is 0 Å². The standard InChI is InChI=1S/C33H40N2O4/c1-34-17-6-2-3-8-23-12-13-26(23)20-35-21-33(16-7-10-24-9-4-5-11-28(24)33)22-39-30-15-14-25(18-29(30)35)27(32(37)38)19-31(34)36/h2-5,9,11,14-15,18,23,26-27H,6-8,10,12-13,16-17,19-22H2,1H3,(H,37,38). The highest BCUT2D eigenvalue weighted by Gasteiger charge is 2.43. The number of carbonyl (C=O) groups is 2. The molecular formula is C33H40N2O4. The first-order valence-corrected chi connectivity index (χ1v) is 14.7. The number of allylic oxidation sites excluding steroid dienone is 1. The largest absolute Gasteiger partial charge is 0.490 e. The molecule has 2 aromatic rings. The number of aliphatic carboxylic acids is 1. The molecule has 0 radical (unpaired) electrons. The van der Waals surface area contributed by atoms with Gasteiger partial charge in [-0.15, -0.1) is 0 Å². The quantitative estimate of drug-likeness (QED) is 0.492. The van der Waals surface area contributed by atoms with Crippen molar-refractivity contribution in [2.24, 2.45) is 11.8 Å². The lowest BCUT2D eigenvalue weighted by molar-refractivity contribution is -0.142. The molecule has 1 spiro atoms. The average molecular weight is 529 g/mol. The third-order valence-electron chi connectivity index (χ3n) is 9.78. The van der Waals surface area contributed by atoms with Gasteiger partial charge in [0.2, 0.25) is 5.91 Å². The normalized spacial score (nSPS) is 29.1. The first-order chi connectivity index (χ1) is 18.9. The summed E-state index contributed by atoms with van der Waals surface area (Å²) in [5, 5.41) is 10.2. The van der Waals surface area contributed by atoms with Gasteiger partial charge in [0.25, 0.3) is 0 Å². The number of carboxylic acid groups (broad SMARTS) is 1. The Kier molecular flexibility index (Phi) is 7.13. The van der Waals surface area contributed by atoms with E-state index in [1.54, 1.807) is 11.9 Å². The molecule has 1 saturated carbocycles. The van der Waals surface area contributed by atoms with Gasteiger partial charge in [0.15, 0.2) is 0 Å². The van der Waals surface area contributed by atoms with E-state index in [0.717, 1.165) is 56.6 Å². The van der Waals surface area contributed by atoms with Gasteiger partial charge in [-0.05, 0) is 85.6 Å². The van der Waals surface area contributed by atoms with Crippen molar-refractivity contribution < 1.29 is 19.4 Å². The lowest BCUT2D eigenvalue weighted by atomic mass is 9.69. The number of amides is 1. The van der Waals surface area contributed by atoms with Gasteiger partial charge >= 0.3 is 5.97 Å². The average Bonchev–Trinajstić information content (AvgIpc) is 3.08. The Labute approximate surface area is 231 Å². The van der Waals surface area contributed by atoms with Crippen LogP contribution in [0.25, 0.3) is 0 Å². The van der Waals surface area contributed by atoms with Gasteiger partial charge in [-0.25, -0.2) is 0 Å². The lowest BCUT2D eigenvalue weighted by Gasteiger charge is -2.44. The topological polar surface area (TPSA) is 70.1 Å². The molecule has 4 unspecified atom stereocenters. The molecule has 1 amide bonds. The number of benzene rings is 2. The van der Waals surface area contributed by atoms with E-state index in [-0.39, 0.29) is 17.7 Å². The minimum absolute atomic E-state index is 0.0444. The zero-order valence-corrected chi connectivity index (χ0v) is 23.0. The molecular weight excluding hydrogens is 488 g/mol. The number of ether oxygens (including phenoxy) is 1. The van der Waals surface area contributed by atoms with Crippen LogP contribution in [0.4, 0.5) is 5.69 Å². The molecule has 2 aromatic carbocycles. The Morgan fingerprint density at radius 1 is 1.10 bits per heavy atom. The molecule has 0 aromatic heterocycles. The van der Waals surface area contributed by atoms with Crippen LogP contribution in [-0.2, 0) is 21.4 Å². The van der Waals surface area contributed by atoms with Crippen LogP contribution in [0.5, 0.6) is 5.75 Å². The molecule has 2 aliphatic carbocycles. The maximum Gasteiger partial charge on any atom is 0.311 e. The number of anilines is 1. The molecule has 6 rings (SSSR count). The highest BCUT2D eigenvalue weighted by molar-refractivity contribution is 5.86. The molecule has 6 heteroatoms. The van der Waals surface area contributed by atoms with Crippen LogP contribution < -0.4 is 9.64 Å². The van der Waals surface area contributed by atoms with Gasteiger partial charge in [0.05, 0.1) is 18.2 Å².